The number of nitrogens with zero attached hydrogens (tertiary/aromatic N) is 2. The van der Waals surface area contributed by atoms with E-state index in [4.69, 9.17) is 14.1 Å². The Balaban J connectivity index is 1.97. The third-order valence-corrected chi connectivity index (χ3v) is 3.74. The maximum atomic E-state index is 11.1. The van der Waals surface area contributed by atoms with Gasteiger partial charge < -0.3 is 8.94 Å². The Kier molecular flexibility index (Phi) is 2.73. The number of hydrogen-bond acceptors (Lipinski definition) is 7. The van der Waals surface area contributed by atoms with Gasteiger partial charge in [-0.05, 0) is 23.6 Å². The van der Waals surface area contributed by atoms with Crippen molar-refractivity contribution >= 4 is 21.4 Å². The van der Waals surface area contributed by atoms with Crippen LogP contribution in [0.1, 0.15) is 0 Å². The van der Waals surface area contributed by atoms with Gasteiger partial charge >= 0.3 is 0 Å². The molecule has 3 rings (SSSR count). The SMILES string of the molecule is NS(=O)(=O)c1ccc(-c2nc(-c3ccsc3)no2)o1. The fraction of sp³-hybridized carbons (Fsp3) is 0. The van der Waals surface area contributed by atoms with Gasteiger partial charge in [0.1, 0.15) is 0 Å². The number of hydrogen-bond donors (Lipinski definition) is 1. The van der Waals surface area contributed by atoms with Crippen molar-refractivity contribution in [2.24, 2.45) is 5.14 Å². The van der Waals surface area contributed by atoms with Crippen LogP contribution in [0.4, 0.5) is 0 Å². The lowest BCUT2D eigenvalue weighted by atomic mass is 10.3. The molecule has 0 bridgehead atoms. The van der Waals surface area contributed by atoms with Gasteiger partial charge in [-0.3, -0.25) is 0 Å². The summed E-state index contributed by atoms with van der Waals surface area (Å²) in [5.41, 5.74) is 0.818. The zero-order valence-corrected chi connectivity index (χ0v) is 10.9. The van der Waals surface area contributed by atoms with Crippen LogP contribution in [0.2, 0.25) is 0 Å². The molecule has 9 heteroatoms. The predicted molar refractivity (Wildman–Crippen MR) is 66.7 cm³/mol. The third-order valence-electron chi connectivity index (χ3n) is 2.28. The first kappa shape index (κ1) is 12.1. The molecule has 3 aromatic heterocycles. The Morgan fingerprint density at radius 2 is 2.11 bits per heavy atom. The van der Waals surface area contributed by atoms with Crippen molar-refractivity contribution in [3.63, 3.8) is 0 Å². The highest BCUT2D eigenvalue weighted by Gasteiger charge is 2.18. The third kappa shape index (κ3) is 2.30. The molecule has 0 atom stereocenters. The quantitative estimate of drug-likeness (QED) is 0.787. The molecule has 3 heterocycles. The standard InChI is InChI=1S/C10H7N3O4S2/c11-19(14,15)8-2-1-7(16-8)10-12-9(13-17-10)6-3-4-18-5-6/h1-5H,(H2,11,14,15). The van der Waals surface area contributed by atoms with E-state index in [1.54, 1.807) is 0 Å². The molecule has 0 fully saturated rings. The zero-order valence-electron chi connectivity index (χ0n) is 9.31. The smallest absolute Gasteiger partial charge is 0.294 e. The van der Waals surface area contributed by atoms with E-state index in [0.717, 1.165) is 5.56 Å². The minimum Gasteiger partial charge on any atom is -0.438 e. The topological polar surface area (TPSA) is 112 Å². The molecule has 98 valence electrons. The van der Waals surface area contributed by atoms with Gasteiger partial charge in [-0.25, -0.2) is 13.6 Å². The van der Waals surface area contributed by atoms with E-state index in [1.165, 1.54) is 23.5 Å². The van der Waals surface area contributed by atoms with Crippen LogP contribution < -0.4 is 5.14 Å². The number of aromatic nitrogens is 2. The summed E-state index contributed by atoms with van der Waals surface area (Å²) in [6.45, 7) is 0. The summed E-state index contributed by atoms with van der Waals surface area (Å²) >= 11 is 1.51. The Morgan fingerprint density at radius 3 is 2.74 bits per heavy atom. The molecule has 0 spiro atoms. The highest BCUT2D eigenvalue weighted by molar-refractivity contribution is 7.89. The van der Waals surface area contributed by atoms with Crippen molar-refractivity contribution in [3.05, 3.63) is 29.0 Å². The van der Waals surface area contributed by atoms with Crippen molar-refractivity contribution in [2.45, 2.75) is 5.09 Å². The Bertz CT molecular complexity index is 802. The van der Waals surface area contributed by atoms with E-state index in [0.29, 0.717) is 5.82 Å². The lowest BCUT2D eigenvalue weighted by Gasteiger charge is -1.89. The minimum atomic E-state index is -3.88. The monoisotopic (exact) mass is 297 g/mol. The highest BCUT2D eigenvalue weighted by atomic mass is 32.2. The minimum absolute atomic E-state index is 0.0936. The average Bonchev–Trinajstić information content (AvgIpc) is 3.10. The summed E-state index contributed by atoms with van der Waals surface area (Å²) in [7, 11) is -3.88. The number of nitrogens with two attached hydrogens (primary N) is 1. The number of thiophene rings is 1. The van der Waals surface area contributed by atoms with Crippen molar-refractivity contribution in [1.29, 1.82) is 0 Å². The Hall–Kier alpha value is -1.97. The number of furan rings is 1. The first-order valence-corrected chi connectivity index (χ1v) is 7.52. The molecule has 0 saturated heterocycles. The van der Waals surface area contributed by atoms with Crippen molar-refractivity contribution < 1.29 is 17.4 Å². The molecule has 0 radical (unpaired) electrons. The second kappa shape index (κ2) is 4.30. The van der Waals surface area contributed by atoms with Gasteiger partial charge in [0, 0.05) is 10.9 Å². The van der Waals surface area contributed by atoms with E-state index in [-0.39, 0.29) is 16.7 Å². The molecule has 2 N–H and O–H groups in total. The van der Waals surface area contributed by atoms with Crippen molar-refractivity contribution in [3.8, 4) is 23.0 Å². The molecule has 19 heavy (non-hydrogen) atoms. The second-order valence-electron chi connectivity index (χ2n) is 3.60. The average molecular weight is 297 g/mol. The van der Waals surface area contributed by atoms with Crippen LogP contribution in [0.25, 0.3) is 23.0 Å². The molecule has 0 amide bonds. The summed E-state index contributed by atoms with van der Waals surface area (Å²) in [5.74, 6) is 0.652. The summed E-state index contributed by atoms with van der Waals surface area (Å²) in [6, 6.07) is 4.49. The van der Waals surface area contributed by atoms with Gasteiger partial charge in [0.05, 0.1) is 0 Å². The first-order chi connectivity index (χ1) is 9.04. The van der Waals surface area contributed by atoms with Crippen molar-refractivity contribution in [2.75, 3.05) is 0 Å². The van der Waals surface area contributed by atoms with Gasteiger partial charge in [0.25, 0.3) is 15.9 Å². The van der Waals surface area contributed by atoms with E-state index in [2.05, 4.69) is 10.1 Å². The molecule has 0 aliphatic rings. The summed E-state index contributed by atoms with van der Waals surface area (Å²) < 4.78 is 32.2. The molecule has 3 aromatic rings. The van der Waals surface area contributed by atoms with Crippen LogP contribution in [-0.4, -0.2) is 18.6 Å². The lowest BCUT2D eigenvalue weighted by Crippen LogP contribution is -2.10. The summed E-state index contributed by atoms with van der Waals surface area (Å²) in [6.07, 6.45) is 0. The fourth-order valence-corrected chi connectivity index (χ4v) is 2.52. The number of primary sulfonamides is 1. The zero-order chi connectivity index (χ0) is 13.5. The van der Waals surface area contributed by atoms with Crippen LogP contribution in [0.3, 0.4) is 0 Å². The molecule has 7 nitrogen and oxygen atoms in total. The van der Waals surface area contributed by atoms with E-state index in [1.807, 2.05) is 16.8 Å². The molecule has 0 saturated carbocycles. The van der Waals surface area contributed by atoms with Crippen LogP contribution >= 0.6 is 11.3 Å². The molecule has 0 aliphatic heterocycles. The molecule has 0 unspecified atom stereocenters. The predicted octanol–water partition coefficient (Wildman–Crippen LogP) is 1.71. The van der Waals surface area contributed by atoms with Gasteiger partial charge in [0.2, 0.25) is 10.9 Å². The van der Waals surface area contributed by atoms with E-state index in [9.17, 15) is 8.42 Å². The van der Waals surface area contributed by atoms with Crippen molar-refractivity contribution in [1.82, 2.24) is 10.1 Å². The Labute approximate surface area is 111 Å². The maximum Gasteiger partial charge on any atom is 0.294 e. The Morgan fingerprint density at radius 1 is 1.26 bits per heavy atom. The van der Waals surface area contributed by atoms with Crippen LogP contribution in [0.5, 0.6) is 0 Å². The van der Waals surface area contributed by atoms with Crippen LogP contribution in [0.15, 0.2) is 43.0 Å². The number of rotatable bonds is 3. The van der Waals surface area contributed by atoms with Crippen LogP contribution in [0, 0.1) is 0 Å². The van der Waals surface area contributed by atoms with E-state index < -0.39 is 10.0 Å². The first-order valence-electron chi connectivity index (χ1n) is 5.03. The largest absolute Gasteiger partial charge is 0.438 e. The van der Waals surface area contributed by atoms with Gasteiger partial charge in [0.15, 0.2) is 5.76 Å². The molecule has 0 aromatic carbocycles. The number of sulfonamides is 1. The molecular formula is C10H7N3O4S2. The summed E-state index contributed by atoms with van der Waals surface area (Å²) in [5, 5.41) is 12.1. The fourth-order valence-electron chi connectivity index (χ4n) is 1.42. The maximum absolute atomic E-state index is 11.1. The lowest BCUT2D eigenvalue weighted by molar-refractivity contribution is 0.399. The van der Waals surface area contributed by atoms with E-state index >= 15 is 0 Å². The highest BCUT2D eigenvalue weighted by Crippen LogP contribution is 2.25. The molecular weight excluding hydrogens is 290 g/mol. The van der Waals surface area contributed by atoms with Gasteiger partial charge in [-0.1, -0.05) is 5.16 Å². The van der Waals surface area contributed by atoms with Gasteiger partial charge in [-0.2, -0.15) is 16.3 Å². The normalized spacial score (nSPS) is 11.8. The second-order valence-corrected chi connectivity index (χ2v) is 5.87. The summed E-state index contributed by atoms with van der Waals surface area (Å²) in [4.78, 5) is 4.12. The molecule has 0 aliphatic carbocycles. The van der Waals surface area contributed by atoms with Crippen LogP contribution in [-0.2, 0) is 10.0 Å². The van der Waals surface area contributed by atoms with Gasteiger partial charge in [-0.15, -0.1) is 0 Å².